The molecule has 22 heavy (non-hydrogen) atoms. The highest BCUT2D eigenvalue weighted by molar-refractivity contribution is 7.17. The van der Waals surface area contributed by atoms with Crippen molar-refractivity contribution in [3.63, 3.8) is 0 Å². The van der Waals surface area contributed by atoms with E-state index in [4.69, 9.17) is 0 Å². The fraction of sp³-hybridized carbons (Fsp3) is 0.0714. The topological polar surface area (TPSA) is 54.9 Å². The number of rotatable bonds is 2. The number of carbonyl (C=O) groups excluding carboxylic acids is 1. The lowest BCUT2D eigenvalue weighted by Gasteiger charge is -2.12. The third-order valence-electron chi connectivity index (χ3n) is 2.95. The molecule has 1 aromatic carbocycles. The van der Waals surface area contributed by atoms with E-state index >= 15 is 0 Å². The monoisotopic (exact) mass is 323 g/mol. The molecule has 2 heterocycles. The number of nitrogens with zero attached hydrogens (tertiary/aromatic N) is 2. The molecule has 3 aromatic rings. The van der Waals surface area contributed by atoms with Crippen LogP contribution in [0.25, 0.3) is 10.2 Å². The predicted molar refractivity (Wildman–Crippen MR) is 76.8 cm³/mol. The van der Waals surface area contributed by atoms with Gasteiger partial charge in [-0.15, -0.1) is 11.3 Å². The first-order chi connectivity index (χ1) is 10.5. The normalized spacial score (nSPS) is 11.6. The van der Waals surface area contributed by atoms with Gasteiger partial charge in [-0.25, -0.2) is 9.97 Å². The number of hydrogen-bond donors (Lipinski definition) is 1. The molecule has 3 rings (SSSR count). The molecule has 2 aromatic heterocycles. The molecule has 0 bridgehead atoms. The highest BCUT2D eigenvalue weighted by Gasteiger charge is 2.34. The second-order valence-electron chi connectivity index (χ2n) is 4.35. The highest BCUT2D eigenvalue weighted by Crippen LogP contribution is 2.32. The van der Waals surface area contributed by atoms with Gasteiger partial charge in [-0.2, -0.15) is 13.2 Å². The summed E-state index contributed by atoms with van der Waals surface area (Å²) >= 11 is 1.30. The Morgan fingerprint density at radius 1 is 1.14 bits per heavy atom. The van der Waals surface area contributed by atoms with Gasteiger partial charge in [0.2, 0.25) is 0 Å². The number of hydrogen-bond acceptors (Lipinski definition) is 4. The fourth-order valence-electron chi connectivity index (χ4n) is 1.98. The molecule has 0 atom stereocenters. The standard InChI is InChI=1S/C14H8F3N3OS/c15-14(16,17)9-4-2-1-3-8(9)13(21)20-12-11-10(5-6-22-11)18-7-19-12/h1-7H,(H,18,19,20,21). The molecule has 0 aliphatic carbocycles. The van der Waals surface area contributed by atoms with Gasteiger partial charge in [-0.3, -0.25) is 4.79 Å². The Hall–Kier alpha value is -2.48. The molecule has 1 amide bonds. The minimum absolute atomic E-state index is 0.196. The van der Waals surface area contributed by atoms with Crippen molar-refractivity contribution in [3.8, 4) is 0 Å². The number of alkyl halides is 3. The van der Waals surface area contributed by atoms with Crippen molar-refractivity contribution < 1.29 is 18.0 Å². The minimum atomic E-state index is -4.60. The Morgan fingerprint density at radius 3 is 2.68 bits per heavy atom. The van der Waals surface area contributed by atoms with Crippen molar-refractivity contribution in [2.75, 3.05) is 5.32 Å². The van der Waals surface area contributed by atoms with Gasteiger partial charge < -0.3 is 5.32 Å². The Morgan fingerprint density at radius 2 is 1.91 bits per heavy atom. The zero-order valence-electron chi connectivity index (χ0n) is 10.9. The van der Waals surface area contributed by atoms with E-state index in [1.54, 1.807) is 11.4 Å². The van der Waals surface area contributed by atoms with Gasteiger partial charge >= 0.3 is 6.18 Å². The van der Waals surface area contributed by atoms with E-state index in [1.807, 2.05) is 0 Å². The van der Waals surface area contributed by atoms with Gasteiger partial charge in [0.1, 0.15) is 6.33 Å². The number of nitrogens with one attached hydrogen (secondary N) is 1. The van der Waals surface area contributed by atoms with Crippen LogP contribution < -0.4 is 5.32 Å². The molecule has 0 fully saturated rings. The van der Waals surface area contributed by atoms with E-state index in [2.05, 4.69) is 15.3 Å². The summed E-state index contributed by atoms with van der Waals surface area (Å²) in [5.74, 6) is -0.664. The molecular formula is C14H8F3N3OS. The van der Waals surface area contributed by atoms with E-state index in [1.165, 1.54) is 29.8 Å². The van der Waals surface area contributed by atoms with Crippen molar-refractivity contribution in [1.82, 2.24) is 9.97 Å². The summed E-state index contributed by atoms with van der Waals surface area (Å²) in [6.07, 6.45) is -3.35. The third-order valence-corrected chi connectivity index (χ3v) is 3.86. The van der Waals surface area contributed by atoms with Crippen LogP contribution in [0.5, 0.6) is 0 Å². The second-order valence-corrected chi connectivity index (χ2v) is 5.27. The van der Waals surface area contributed by atoms with Crippen LogP contribution in [0.3, 0.4) is 0 Å². The highest BCUT2D eigenvalue weighted by atomic mass is 32.1. The SMILES string of the molecule is O=C(Nc1ncnc2ccsc12)c1ccccc1C(F)(F)F. The van der Waals surface area contributed by atoms with Gasteiger partial charge in [-0.1, -0.05) is 12.1 Å². The molecule has 1 N–H and O–H groups in total. The predicted octanol–water partition coefficient (Wildman–Crippen LogP) is 3.96. The maximum absolute atomic E-state index is 12.9. The van der Waals surface area contributed by atoms with Crippen molar-refractivity contribution in [2.45, 2.75) is 6.18 Å². The van der Waals surface area contributed by atoms with Crippen LogP contribution in [-0.2, 0) is 6.18 Å². The molecule has 0 aliphatic rings. The number of anilines is 1. The van der Waals surface area contributed by atoms with Gasteiger partial charge in [0.25, 0.3) is 5.91 Å². The number of aromatic nitrogens is 2. The first-order valence-electron chi connectivity index (χ1n) is 6.12. The van der Waals surface area contributed by atoms with Crippen LogP contribution in [0.2, 0.25) is 0 Å². The smallest absolute Gasteiger partial charge is 0.305 e. The summed E-state index contributed by atoms with van der Waals surface area (Å²) in [5, 5.41) is 4.18. The van der Waals surface area contributed by atoms with E-state index in [0.717, 1.165) is 12.1 Å². The molecule has 0 radical (unpaired) electrons. The zero-order valence-corrected chi connectivity index (χ0v) is 11.7. The van der Waals surface area contributed by atoms with E-state index < -0.39 is 23.2 Å². The Kier molecular flexibility index (Phi) is 3.53. The first kappa shape index (κ1) is 14.5. The quantitative estimate of drug-likeness (QED) is 0.776. The Labute approximate surface area is 126 Å². The van der Waals surface area contributed by atoms with Crippen molar-refractivity contribution in [1.29, 1.82) is 0 Å². The number of halogens is 3. The van der Waals surface area contributed by atoms with Crippen LogP contribution >= 0.6 is 11.3 Å². The van der Waals surface area contributed by atoms with Gasteiger partial charge in [0, 0.05) is 0 Å². The van der Waals surface area contributed by atoms with Crippen molar-refractivity contribution >= 4 is 33.3 Å². The van der Waals surface area contributed by atoms with Crippen molar-refractivity contribution in [2.24, 2.45) is 0 Å². The van der Waals surface area contributed by atoms with Gasteiger partial charge in [0.05, 0.1) is 21.3 Å². The van der Waals surface area contributed by atoms with E-state index in [-0.39, 0.29) is 5.82 Å². The molecule has 112 valence electrons. The lowest BCUT2D eigenvalue weighted by molar-refractivity contribution is -0.137. The Balaban J connectivity index is 1.98. The zero-order chi connectivity index (χ0) is 15.7. The summed E-state index contributed by atoms with van der Waals surface area (Å²) in [6.45, 7) is 0. The first-order valence-corrected chi connectivity index (χ1v) is 7.00. The summed E-state index contributed by atoms with van der Waals surface area (Å²) in [4.78, 5) is 20.1. The lowest BCUT2D eigenvalue weighted by atomic mass is 10.1. The number of carbonyl (C=O) groups is 1. The van der Waals surface area contributed by atoms with E-state index in [0.29, 0.717) is 10.2 Å². The molecular weight excluding hydrogens is 315 g/mol. The third kappa shape index (κ3) is 2.64. The van der Waals surface area contributed by atoms with Crippen LogP contribution in [0.1, 0.15) is 15.9 Å². The summed E-state index contributed by atoms with van der Waals surface area (Å²) in [5.41, 5.74) is -0.804. The summed E-state index contributed by atoms with van der Waals surface area (Å²) in [6, 6.07) is 6.36. The summed E-state index contributed by atoms with van der Waals surface area (Å²) < 4.78 is 39.5. The van der Waals surface area contributed by atoms with Crippen LogP contribution in [0.15, 0.2) is 42.0 Å². The molecule has 0 unspecified atom stereocenters. The maximum Gasteiger partial charge on any atom is 0.417 e. The molecule has 4 nitrogen and oxygen atoms in total. The number of amides is 1. The maximum atomic E-state index is 12.9. The van der Waals surface area contributed by atoms with Gasteiger partial charge in [0.15, 0.2) is 5.82 Å². The number of fused-ring (bicyclic) bond motifs is 1. The molecule has 0 aliphatic heterocycles. The largest absolute Gasteiger partial charge is 0.417 e. The lowest BCUT2D eigenvalue weighted by Crippen LogP contribution is -2.19. The second kappa shape index (κ2) is 5.38. The van der Waals surface area contributed by atoms with Crippen LogP contribution in [-0.4, -0.2) is 15.9 Å². The number of benzene rings is 1. The average Bonchev–Trinajstić information content (AvgIpc) is 2.96. The van der Waals surface area contributed by atoms with E-state index in [9.17, 15) is 18.0 Å². The molecule has 0 saturated carbocycles. The van der Waals surface area contributed by atoms with Crippen molar-refractivity contribution in [3.05, 3.63) is 53.2 Å². The average molecular weight is 323 g/mol. The number of thiophene rings is 1. The van der Waals surface area contributed by atoms with Gasteiger partial charge in [-0.05, 0) is 23.6 Å². The Bertz CT molecular complexity index is 844. The molecule has 0 saturated heterocycles. The van der Waals surface area contributed by atoms with Crippen LogP contribution in [0, 0.1) is 0 Å². The summed E-state index contributed by atoms with van der Waals surface area (Å²) in [7, 11) is 0. The molecule has 8 heteroatoms. The van der Waals surface area contributed by atoms with Crippen LogP contribution in [0.4, 0.5) is 19.0 Å². The fourth-order valence-corrected chi connectivity index (χ4v) is 2.77. The minimum Gasteiger partial charge on any atom is -0.305 e. The molecule has 0 spiro atoms.